The average Bonchev–Trinajstić information content (AvgIpc) is 2.93. The van der Waals surface area contributed by atoms with E-state index >= 15 is 0 Å². The third kappa shape index (κ3) is 3.82. The molecule has 0 bridgehead atoms. The zero-order chi connectivity index (χ0) is 13.0. The molecule has 0 saturated carbocycles. The highest BCUT2D eigenvalue weighted by Gasteiger charge is 2.21. The summed E-state index contributed by atoms with van der Waals surface area (Å²) in [4.78, 5) is 0. The molecule has 98 valence electrons. The molecule has 0 fully saturated rings. The Balaban J connectivity index is 1.76. The van der Waals surface area contributed by atoms with Gasteiger partial charge in [0.15, 0.2) is 8.32 Å². The lowest BCUT2D eigenvalue weighted by molar-refractivity contribution is 0.295. The van der Waals surface area contributed by atoms with E-state index in [1.54, 1.807) is 5.57 Å². The summed E-state index contributed by atoms with van der Waals surface area (Å²) in [5, 5.41) is 0. The molecule has 0 aromatic rings. The van der Waals surface area contributed by atoms with Gasteiger partial charge in [0, 0.05) is 12.5 Å². The maximum Gasteiger partial charge on any atom is 0.183 e. The third-order valence-electron chi connectivity index (χ3n) is 3.39. The Kier molecular flexibility index (Phi) is 4.41. The van der Waals surface area contributed by atoms with Gasteiger partial charge in [-0.05, 0) is 38.4 Å². The van der Waals surface area contributed by atoms with Crippen LogP contribution in [0, 0.1) is 11.8 Å². The van der Waals surface area contributed by atoms with Gasteiger partial charge in [-0.25, -0.2) is 0 Å². The lowest BCUT2D eigenvalue weighted by Gasteiger charge is -2.20. The Labute approximate surface area is 112 Å². The van der Waals surface area contributed by atoms with Crippen LogP contribution in [0.3, 0.4) is 0 Å². The number of hydrogen-bond donors (Lipinski definition) is 0. The maximum atomic E-state index is 5.92. The van der Waals surface area contributed by atoms with Crippen LogP contribution in [0.5, 0.6) is 0 Å². The van der Waals surface area contributed by atoms with E-state index in [2.05, 4.69) is 62.2 Å². The van der Waals surface area contributed by atoms with Gasteiger partial charge in [-0.15, -0.1) is 0 Å². The van der Waals surface area contributed by atoms with Gasteiger partial charge < -0.3 is 4.43 Å². The fourth-order valence-corrected chi connectivity index (χ4v) is 3.25. The smallest absolute Gasteiger partial charge is 0.183 e. The number of hydrogen-bond acceptors (Lipinski definition) is 1. The predicted octanol–water partition coefficient (Wildman–Crippen LogP) is 4.47. The monoisotopic (exact) mass is 260 g/mol. The van der Waals surface area contributed by atoms with Crippen molar-refractivity contribution in [3.8, 4) is 0 Å². The molecule has 0 spiro atoms. The second kappa shape index (κ2) is 5.85. The summed E-state index contributed by atoms with van der Waals surface area (Å²) in [6, 6.07) is 0. The van der Waals surface area contributed by atoms with Gasteiger partial charge in [0.05, 0.1) is 0 Å². The Morgan fingerprint density at radius 2 is 1.78 bits per heavy atom. The second-order valence-electron chi connectivity index (χ2n) is 6.06. The van der Waals surface area contributed by atoms with E-state index in [0.717, 1.165) is 13.0 Å². The summed E-state index contributed by atoms with van der Waals surface area (Å²) >= 11 is 0. The van der Waals surface area contributed by atoms with E-state index in [0.29, 0.717) is 11.8 Å². The summed E-state index contributed by atoms with van der Waals surface area (Å²) < 4.78 is 5.92. The van der Waals surface area contributed by atoms with Crippen molar-refractivity contribution in [2.45, 2.75) is 32.5 Å². The van der Waals surface area contributed by atoms with Gasteiger partial charge in [-0.3, -0.25) is 0 Å². The summed E-state index contributed by atoms with van der Waals surface area (Å²) in [6.07, 6.45) is 18.1. The number of rotatable bonds is 6. The summed E-state index contributed by atoms with van der Waals surface area (Å²) in [5.41, 5.74) is 1.55. The molecule has 2 rings (SSSR count). The minimum absolute atomic E-state index is 0.530. The van der Waals surface area contributed by atoms with Crippen molar-refractivity contribution in [2.24, 2.45) is 11.8 Å². The molecule has 0 radical (unpaired) electrons. The fraction of sp³-hybridized carbons (Fsp3) is 0.500. The minimum Gasteiger partial charge on any atom is -0.418 e. The minimum atomic E-state index is -1.33. The average molecular weight is 260 g/mol. The lowest BCUT2D eigenvalue weighted by Crippen LogP contribution is -2.25. The number of allylic oxidation sites excluding steroid dienone is 8. The van der Waals surface area contributed by atoms with Crippen molar-refractivity contribution in [2.75, 3.05) is 6.61 Å². The highest BCUT2D eigenvalue weighted by molar-refractivity contribution is 6.69. The van der Waals surface area contributed by atoms with Crippen LogP contribution in [0.15, 0.2) is 48.1 Å². The first kappa shape index (κ1) is 13.6. The second-order valence-corrected chi connectivity index (χ2v) is 10.6. The molecule has 1 nitrogen and oxygen atoms in total. The summed E-state index contributed by atoms with van der Waals surface area (Å²) in [6.45, 7) is 7.68. The molecule has 0 aromatic heterocycles. The first-order valence-electron chi connectivity index (χ1n) is 6.93. The third-order valence-corrected chi connectivity index (χ3v) is 4.46. The molecule has 1 atom stereocenters. The van der Waals surface area contributed by atoms with Crippen LogP contribution in [-0.4, -0.2) is 14.9 Å². The molecule has 0 aromatic carbocycles. The van der Waals surface area contributed by atoms with Gasteiger partial charge in [0.25, 0.3) is 0 Å². The molecular formula is C16H24OSi. The van der Waals surface area contributed by atoms with Gasteiger partial charge in [0.2, 0.25) is 0 Å². The van der Waals surface area contributed by atoms with Crippen LogP contribution in [0.4, 0.5) is 0 Å². The molecule has 0 saturated heterocycles. The highest BCUT2D eigenvalue weighted by Crippen LogP contribution is 2.33. The van der Waals surface area contributed by atoms with Crippen molar-refractivity contribution in [1.82, 2.24) is 0 Å². The molecule has 0 N–H and O–H groups in total. The maximum absolute atomic E-state index is 5.92. The molecule has 2 aliphatic carbocycles. The fourth-order valence-electron chi connectivity index (χ4n) is 2.49. The van der Waals surface area contributed by atoms with Crippen LogP contribution in [-0.2, 0) is 4.43 Å². The van der Waals surface area contributed by atoms with Crippen molar-refractivity contribution < 1.29 is 4.43 Å². The van der Waals surface area contributed by atoms with E-state index in [4.69, 9.17) is 4.43 Å². The quantitative estimate of drug-likeness (QED) is 0.505. The van der Waals surface area contributed by atoms with Crippen LogP contribution >= 0.6 is 0 Å². The van der Waals surface area contributed by atoms with Crippen molar-refractivity contribution in [3.05, 3.63) is 48.1 Å². The highest BCUT2D eigenvalue weighted by atomic mass is 28.4. The Hall–Kier alpha value is -0.863. The first-order valence-corrected chi connectivity index (χ1v) is 10.3. The summed E-state index contributed by atoms with van der Waals surface area (Å²) in [7, 11) is -1.33. The van der Waals surface area contributed by atoms with E-state index in [9.17, 15) is 0 Å². The van der Waals surface area contributed by atoms with E-state index in [-0.39, 0.29) is 0 Å². The van der Waals surface area contributed by atoms with Gasteiger partial charge in [-0.2, -0.15) is 0 Å². The normalized spacial score (nSPS) is 23.1. The molecule has 2 heteroatoms. The Morgan fingerprint density at radius 3 is 2.44 bits per heavy atom. The standard InChI is InChI=1S/C16H24OSi/c1-18(2,3)17-13-7-11-15-10-6-12-16(15)14-8-4-5-9-14/h4-6,8-10,12,14-15H,7,11,13H2,1-3H3. The molecule has 0 amide bonds. The Morgan fingerprint density at radius 1 is 1.06 bits per heavy atom. The van der Waals surface area contributed by atoms with Crippen molar-refractivity contribution in [3.63, 3.8) is 0 Å². The van der Waals surface area contributed by atoms with Gasteiger partial charge in [0.1, 0.15) is 0 Å². The van der Waals surface area contributed by atoms with Crippen molar-refractivity contribution in [1.29, 1.82) is 0 Å². The van der Waals surface area contributed by atoms with Gasteiger partial charge >= 0.3 is 0 Å². The molecule has 0 aliphatic heterocycles. The first-order chi connectivity index (χ1) is 8.56. The summed E-state index contributed by atoms with van der Waals surface area (Å²) in [5.74, 6) is 1.15. The van der Waals surface area contributed by atoms with E-state index in [1.165, 1.54) is 6.42 Å². The lowest BCUT2D eigenvalue weighted by atomic mass is 9.88. The molecule has 2 aliphatic rings. The van der Waals surface area contributed by atoms with Crippen LogP contribution < -0.4 is 0 Å². The van der Waals surface area contributed by atoms with Crippen LogP contribution in [0.1, 0.15) is 12.8 Å². The van der Waals surface area contributed by atoms with Crippen LogP contribution in [0.25, 0.3) is 0 Å². The zero-order valence-corrected chi connectivity index (χ0v) is 12.7. The molecule has 0 heterocycles. The molecular weight excluding hydrogens is 236 g/mol. The van der Waals surface area contributed by atoms with E-state index < -0.39 is 8.32 Å². The predicted molar refractivity (Wildman–Crippen MR) is 81.0 cm³/mol. The van der Waals surface area contributed by atoms with Crippen LogP contribution in [0.2, 0.25) is 19.6 Å². The largest absolute Gasteiger partial charge is 0.418 e. The topological polar surface area (TPSA) is 9.23 Å². The van der Waals surface area contributed by atoms with Crippen molar-refractivity contribution >= 4 is 8.32 Å². The SMILES string of the molecule is C[Si](C)(C)OCCCC1C=CC=C1C1C=CC=C1. The molecule has 18 heavy (non-hydrogen) atoms. The van der Waals surface area contributed by atoms with Gasteiger partial charge in [-0.1, -0.05) is 48.1 Å². The Bertz CT molecular complexity index is 384. The van der Waals surface area contributed by atoms with E-state index in [1.807, 2.05) is 0 Å². The molecule has 1 unspecified atom stereocenters. The zero-order valence-electron chi connectivity index (χ0n) is 11.7.